The van der Waals surface area contributed by atoms with Crippen LogP contribution < -0.4 is 10.1 Å². The highest BCUT2D eigenvalue weighted by molar-refractivity contribution is 7.07. The van der Waals surface area contributed by atoms with Crippen molar-refractivity contribution in [3.05, 3.63) is 46.4 Å². The molecule has 0 saturated heterocycles. The average Bonchev–Trinajstić information content (AvgIpc) is 2.96. The van der Waals surface area contributed by atoms with Gasteiger partial charge in [0.25, 0.3) is 0 Å². The maximum atomic E-state index is 11.7. The van der Waals surface area contributed by atoms with Gasteiger partial charge in [-0.1, -0.05) is 12.1 Å². The van der Waals surface area contributed by atoms with Gasteiger partial charge < -0.3 is 10.1 Å². The van der Waals surface area contributed by atoms with E-state index in [9.17, 15) is 4.79 Å². The Bertz CT molecular complexity index is 526. The van der Waals surface area contributed by atoms with Crippen molar-refractivity contribution in [3.63, 3.8) is 0 Å². The summed E-state index contributed by atoms with van der Waals surface area (Å²) in [5.41, 5.74) is 3.76. The topological polar surface area (TPSA) is 51.2 Å². The Morgan fingerprint density at radius 2 is 2.37 bits per heavy atom. The molecule has 0 unspecified atom stereocenters. The molecule has 4 nitrogen and oxygen atoms in total. The molecule has 100 valence electrons. The Morgan fingerprint density at radius 1 is 1.47 bits per heavy atom. The number of methoxy groups -OCH3 is 1. The maximum Gasteiger partial charge on any atom is 0.220 e. The van der Waals surface area contributed by atoms with E-state index < -0.39 is 0 Å². The first-order valence-corrected chi connectivity index (χ1v) is 6.99. The van der Waals surface area contributed by atoms with Crippen molar-refractivity contribution in [1.82, 2.24) is 10.3 Å². The smallest absolute Gasteiger partial charge is 0.220 e. The van der Waals surface area contributed by atoms with Crippen LogP contribution in [0.4, 0.5) is 0 Å². The molecule has 1 aromatic heterocycles. The van der Waals surface area contributed by atoms with Gasteiger partial charge in [0.15, 0.2) is 0 Å². The highest BCUT2D eigenvalue weighted by Crippen LogP contribution is 2.13. The van der Waals surface area contributed by atoms with E-state index in [-0.39, 0.29) is 5.91 Å². The summed E-state index contributed by atoms with van der Waals surface area (Å²) in [6.45, 7) is 0.500. The predicted octanol–water partition coefficient (Wildman–Crippen LogP) is 2.40. The lowest BCUT2D eigenvalue weighted by molar-refractivity contribution is -0.121. The van der Waals surface area contributed by atoms with Gasteiger partial charge in [-0.25, -0.2) is 4.98 Å². The van der Waals surface area contributed by atoms with Crippen LogP contribution >= 0.6 is 11.3 Å². The number of hydrogen-bond acceptors (Lipinski definition) is 4. The number of aryl methyl sites for hydroxylation is 1. The molecule has 0 fully saturated rings. The van der Waals surface area contributed by atoms with Crippen molar-refractivity contribution in [1.29, 1.82) is 0 Å². The molecule has 5 heteroatoms. The van der Waals surface area contributed by atoms with Crippen LogP contribution in [-0.2, 0) is 17.8 Å². The summed E-state index contributed by atoms with van der Waals surface area (Å²) in [5.74, 6) is 0.858. The van der Waals surface area contributed by atoms with Crippen LogP contribution in [-0.4, -0.2) is 18.0 Å². The van der Waals surface area contributed by atoms with Crippen molar-refractivity contribution < 1.29 is 9.53 Å². The van der Waals surface area contributed by atoms with E-state index in [0.29, 0.717) is 19.4 Å². The molecule has 0 atom stereocenters. The molecule has 0 bridgehead atoms. The van der Waals surface area contributed by atoms with Gasteiger partial charge >= 0.3 is 0 Å². The zero-order chi connectivity index (χ0) is 13.5. The third-order valence-corrected chi connectivity index (χ3v) is 3.36. The summed E-state index contributed by atoms with van der Waals surface area (Å²) in [6, 6.07) is 7.77. The summed E-state index contributed by atoms with van der Waals surface area (Å²) in [5, 5.41) is 4.79. The number of ether oxygens (including phenoxy) is 1. The van der Waals surface area contributed by atoms with E-state index in [2.05, 4.69) is 10.3 Å². The summed E-state index contributed by atoms with van der Waals surface area (Å²) >= 11 is 1.53. The first kappa shape index (κ1) is 13.5. The number of hydrogen-bond donors (Lipinski definition) is 1. The third kappa shape index (κ3) is 4.37. The molecule has 2 rings (SSSR count). The summed E-state index contributed by atoms with van der Waals surface area (Å²) in [7, 11) is 1.64. The molecule has 2 aromatic rings. The summed E-state index contributed by atoms with van der Waals surface area (Å²) < 4.78 is 5.15. The molecule has 1 heterocycles. The van der Waals surface area contributed by atoms with E-state index >= 15 is 0 Å². The van der Waals surface area contributed by atoms with E-state index in [1.54, 1.807) is 12.6 Å². The fraction of sp³-hybridized carbons (Fsp3) is 0.286. The van der Waals surface area contributed by atoms with Crippen molar-refractivity contribution in [2.45, 2.75) is 19.4 Å². The minimum Gasteiger partial charge on any atom is -0.497 e. The number of carbonyl (C=O) groups excluding carboxylic acids is 1. The SMILES string of the molecule is COc1cccc(CCC(=O)NCc2cscn2)c1. The second kappa shape index (κ2) is 6.89. The third-order valence-electron chi connectivity index (χ3n) is 2.73. The molecule has 19 heavy (non-hydrogen) atoms. The largest absolute Gasteiger partial charge is 0.497 e. The minimum atomic E-state index is 0.0378. The molecule has 0 aliphatic rings. The monoisotopic (exact) mass is 276 g/mol. The Kier molecular flexibility index (Phi) is 4.92. The van der Waals surface area contributed by atoms with Gasteiger partial charge in [0.05, 0.1) is 24.9 Å². The number of thiazole rings is 1. The normalized spacial score (nSPS) is 10.2. The van der Waals surface area contributed by atoms with Crippen LogP contribution in [0.1, 0.15) is 17.7 Å². The predicted molar refractivity (Wildman–Crippen MR) is 75.3 cm³/mol. The van der Waals surface area contributed by atoms with Crippen LogP contribution in [0, 0.1) is 0 Å². The molecule has 0 radical (unpaired) electrons. The van der Waals surface area contributed by atoms with E-state index in [4.69, 9.17) is 4.74 Å². The first-order chi connectivity index (χ1) is 9.28. The molecule has 1 N–H and O–H groups in total. The highest BCUT2D eigenvalue weighted by Gasteiger charge is 2.04. The molecule has 1 amide bonds. The standard InChI is InChI=1S/C14H16N2O2S/c1-18-13-4-2-3-11(7-13)5-6-14(17)15-8-12-9-19-10-16-12/h2-4,7,9-10H,5-6,8H2,1H3,(H,15,17). The van der Waals surface area contributed by atoms with Crippen molar-refractivity contribution >= 4 is 17.2 Å². The Morgan fingerprint density at radius 3 is 3.11 bits per heavy atom. The van der Waals surface area contributed by atoms with Gasteiger partial charge in [0.1, 0.15) is 5.75 Å². The van der Waals surface area contributed by atoms with Gasteiger partial charge in [0, 0.05) is 11.8 Å². The highest BCUT2D eigenvalue weighted by atomic mass is 32.1. The van der Waals surface area contributed by atoms with Gasteiger partial charge in [-0.15, -0.1) is 11.3 Å². The van der Waals surface area contributed by atoms with Gasteiger partial charge in [-0.3, -0.25) is 4.79 Å². The quantitative estimate of drug-likeness (QED) is 0.881. The van der Waals surface area contributed by atoms with E-state index in [1.165, 1.54) is 11.3 Å². The van der Waals surface area contributed by atoms with Gasteiger partial charge in [-0.05, 0) is 24.1 Å². The lowest BCUT2D eigenvalue weighted by Gasteiger charge is -2.05. The Labute approximate surface area is 116 Å². The molecule has 0 saturated carbocycles. The molecule has 1 aromatic carbocycles. The fourth-order valence-electron chi connectivity index (χ4n) is 1.69. The second-order valence-electron chi connectivity index (χ2n) is 4.11. The van der Waals surface area contributed by atoms with Crippen LogP contribution in [0.5, 0.6) is 5.75 Å². The van der Waals surface area contributed by atoms with Crippen molar-refractivity contribution in [2.24, 2.45) is 0 Å². The van der Waals surface area contributed by atoms with Crippen LogP contribution in [0.2, 0.25) is 0 Å². The van der Waals surface area contributed by atoms with Gasteiger partial charge in [0.2, 0.25) is 5.91 Å². The molecular weight excluding hydrogens is 260 g/mol. The fourth-order valence-corrected chi connectivity index (χ4v) is 2.25. The Hall–Kier alpha value is -1.88. The lowest BCUT2D eigenvalue weighted by atomic mass is 10.1. The number of aromatic nitrogens is 1. The number of amides is 1. The molecular formula is C14H16N2O2S. The number of nitrogens with zero attached hydrogens (tertiary/aromatic N) is 1. The molecule has 0 spiro atoms. The summed E-state index contributed by atoms with van der Waals surface area (Å²) in [6.07, 6.45) is 1.18. The van der Waals surface area contributed by atoms with E-state index in [1.807, 2.05) is 29.6 Å². The number of rotatable bonds is 6. The minimum absolute atomic E-state index is 0.0378. The zero-order valence-electron chi connectivity index (χ0n) is 10.8. The lowest BCUT2D eigenvalue weighted by Crippen LogP contribution is -2.23. The Balaban J connectivity index is 1.76. The van der Waals surface area contributed by atoms with Crippen LogP contribution in [0.3, 0.4) is 0 Å². The van der Waals surface area contributed by atoms with Crippen LogP contribution in [0.25, 0.3) is 0 Å². The summed E-state index contributed by atoms with van der Waals surface area (Å²) in [4.78, 5) is 15.8. The molecule has 0 aliphatic carbocycles. The second-order valence-corrected chi connectivity index (χ2v) is 4.83. The van der Waals surface area contributed by atoms with Crippen LogP contribution in [0.15, 0.2) is 35.2 Å². The van der Waals surface area contributed by atoms with Crippen molar-refractivity contribution in [3.8, 4) is 5.75 Å². The first-order valence-electron chi connectivity index (χ1n) is 6.04. The van der Waals surface area contributed by atoms with E-state index in [0.717, 1.165) is 17.0 Å². The number of nitrogens with one attached hydrogen (secondary N) is 1. The maximum absolute atomic E-state index is 11.7. The zero-order valence-corrected chi connectivity index (χ0v) is 11.6. The number of carbonyl (C=O) groups is 1. The van der Waals surface area contributed by atoms with Crippen molar-refractivity contribution in [2.75, 3.05) is 7.11 Å². The molecule has 0 aliphatic heterocycles. The average molecular weight is 276 g/mol. The van der Waals surface area contributed by atoms with Gasteiger partial charge in [-0.2, -0.15) is 0 Å². The number of benzene rings is 1.